The first-order valence-electron chi connectivity index (χ1n) is 9.63. The van der Waals surface area contributed by atoms with E-state index < -0.39 is 0 Å². The summed E-state index contributed by atoms with van der Waals surface area (Å²) in [5, 5.41) is 13.6. The van der Waals surface area contributed by atoms with Gasteiger partial charge < -0.3 is 20.1 Å². The fourth-order valence-electron chi connectivity index (χ4n) is 3.14. The van der Waals surface area contributed by atoms with Gasteiger partial charge in [0.1, 0.15) is 18.0 Å². The number of rotatable bonds is 7. The van der Waals surface area contributed by atoms with E-state index in [4.69, 9.17) is 9.47 Å². The van der Waals surface area contributed by atoms with Crippen LogP contribution in [-0.2, 0) is 11.3 Å². The van der Waals surface area contributed by atoms with Gasteiger partial charge in [-0.25, -0.2) is 4.68 Å². The van der Waals surface area contributed by atoms with Gasteiger partial charge >= 0.3 is 0 Å². The van der Waals surface area contributed by atoms with Crippen molar-refractivity contribution in [2.75, 3.05) is 24.9 Å². The first kappa shape index (κ1) is 21.8. The number of methoxy groups -OCH3 is 2. The molecule has 3 rings (SSSR count). The van der Waals surface area contributed by atoms with Gasteiger partial charge in [-0.15, -0.1) is 5.10 Å². The summed E-state index contributed by atoms with van der Waals surface area (Å²) in [6.45, 7) is 5.42. The molecule has 2 amide bonds. The summed E-state index contributed by atoms with van der Waals surface area (Å²) in [6.07, 6.45) is 0. The van der Waals surface area contributed by atoms with Gasteiger partial charge in [0.05, 0.1) is 25.6 Å². The van der Waals surface area contributed by atoms with Crippen LogP contribution in [0, 0.1) is 20.8 Å². The van der Waals surface area contributed by atoms with E-state index in [-0.39, 0.29) is 24.1 Å². The van der Waals surface area contributed by atoms with Crippen LogP contribution < -0.4 is 20.1 Å². The standard InChI is InChI=1S/C22H25N5O4/c1-13-7-6-8-14(2)20(13)24-22(29)21-15(3)27(26-25-21)12-19(28)23-17-11-16(30-4)9-10-18(17)31-5/h6-11H,12H2,1-5H3,(H,23,28)(H,24,29). The molecule has 0 aliphatic carbocycles. The zero-order chi connectivity index (χ0) is 22.5. The highest BCUT2D eigenvalue weighted by molar-refractivity contribution is 6.04. The lowest BCUT2D eigenvalue weighted by Crippen LogP contribution is -2.21. The molecule has 0 spiro atoms. The molecule has 1 heterocycles. The van der Waals surface area contributed by atoms with Gasteiger partial charge in [0, 0.05) is 11.8 Å². The van der Waals surface area contributed by atoms with E-state index in [0.29, 0.717) is 22.9 Å². The van der Waals surface area contributed by atoms with E-state index in [1.807, 2.05) is 32.0 Å². The van der Waals surface area contributed by atoms with Crippen LogP contribution in [0.3, 0.4) is 0 Å². The van der Waals surface area contributed by atoms with Crippen molar-refractivity contribution in [3.05, 3.63) is 58.9 Å². The van der Waals surface area contributed by atoms with Crippen molar-refractivity contribution in [3.63, 3.8) is 0 Å². The molecule has 31 heavy (non-hydrogen) atoms. The van der Waals surface area contributed by atoms with E-state index in [2.05, 4.69) is 20.9 Å². The predicted molar refractivity (Wildman–Crippen MR) is 117 cm³/mol. The Kier molecular flexibility index (Phi) is 6.54. The monoisotopic (exact) mass is 423 g/mol. The van der Waals surface area contributed by atoms with Gasteiger partial charge in [-0.05, 0) is 44.0 Å². The SMILES string of the molecule is COc1ccc(OC)c(NC(=O)Cn2nnc(C(=O)Nc3c(C)cccc3C)c2C)c1. The lowest BCUT2D eigenvalue weighted by atomic mass is 10.1. The van der Waals surface area contributed by atoms with Crippen LogP contribution in [0.5, 0.6) is 11.5 Å². The van der Waals surface area contributed by atoms with Crippen LogP contribution in [0.4, 0.5) is 11.4 Å². The fraction of sp³-hybridized carbons (Fsp3) is 0.273. The Morgan fingerprint density at radius 2 is 1.71 bits per heavy atom. The quantitative estimate of drug-likeness (QED) is 0.605. The van der Waals surface area contributed by atoms with Gasteiger partial charge in [-0.3, -0.25) is 9.59 Å². The molecule has 3 aromatic rings. The minimum Gasteiger partial charge on any atom is -0.497 e. The lowest BCUT2D eigenvalue weighted by Gasteiger charge is -2.12. The molecule has 2 aromatic carbocycles. The molecule has 2 N–H and O–H groups in total. The summed E-state index contributed by atoms with van der Waals surface area (Å²) < 4.78 is 11.8. The zero-order valence-corrected chi connectivity index (χ0v) is 18.1. The predicted octanol–water partition coefficient (Wildman–Crippen LogP) is 3.11. The van der Waals surface area contributed by atoms with Crippen LogP contribution in [0.1, 0.15) is 27.3 Å². The molecule has 0 fully saturated rings. The van der Waals surface area contributed by atoms with Crippen LogP contribution >= 0.6 is 0 Å². The minimum absolute atomic E-state index is 0.115. The Hall–Kier alpha value is -3.88. The Balaban J connectivity index is 1.73. The number of nitrogens with one attached hydrogen (secondary N) is 2. The normalized spacial score (nSPS) is 10.5. The number of carbonyl (C=O) groups is 2. The number of ether oxygens (including phenoxy) is 2. The van der Waals surface area contributed by atoms with Gasteiger partial charge in [-0.1, -0.05) is 23.4 Å². The summed E-state index contributed by atoms with van der Waals surface area (Å²) >= 11 is 0. The third-order valence-corrected chi connectivity index (χ3v) is 4.89. The average molecular weight is 423 g/mol. The molecule has 0 radical (unpaired) electrons. The van der Waals surface area contributed by atoms with Crippen LogP contribution in [0.25, 0.3) is 0 Å². The highest BCUT2D eigenvalue weighted by atomic mass is 16.5. The number of benzene rings is 2. The number of aromatic nitrogens is 3. The van der Waals surface area contributed by atoms with E-state index in [0.717, 1.165) is 16.8 Å². The zero-order valence-electron chi connectivity index (χ0n) is 18.1. The van der Waals surface area contributed by atoms with E-state index in [1.54, 1.807) is 25.1 Å². The second-order valence-corrected chi connectivity index (χ2v) is 7.02. The summed E-state index contributed by atoms with van der Waals surface area (Å²) in [6, 6.07) is 10.9. The molecule has 0 aliphatic rings. The molecular weight excluding hydrogens is 398 g/mol. The molecule has 0 aliphatic heterocycles. The van der Waals surface area contributed by atoms with Crippen LogP contribution in [0.15, 0.2) is 36.4 Å². The molecule has 1 aromatic heterocycles. The van der Waals surface area contributed by atoms with Gasteiger partial charge in [0.25, 0.3) is 5.91 Å². The average Bonchev–Trinajstić information content (AvgIpc) is 3.10. The number of hydrogen-bond acceptors (Lipinski definition) is 6. The third kappa shape index (κ3) is 4.82. The highest BCUT2D eigenvalue weighted by Gasteiger charge is 2.20. The number of aryl methyl sites for hydroxylation is 2. The molecule has 0 atom stereocenters. The van der Waals surface area contributed by atoms with E-state index >= 15 is 0 Å². The molecule has 0 saturated carbocycles. The van der Waals surface area contributed by atoms with Crippen molar-refractivity contribution in [1.82, 2.24) is 15.0 Å². The maximum Gasteiger partial charge on any atom is 0.278 e. The Bertz CT molecular complexity index is 1100. The van der Waals surface area contributed by atoms with Crippen molar-refractivity contribution < 1.29 is 19.1 Å². The molecular formula is C22H25N5O4. The van der Waals surface area contributed by atoms with Crippen molar-refractivity contribution in [3.8, 4) is 11.5 Å². The molecule has 9 heteroatoms. The molecule has 0 unspecified atom stereocenters. The van der Waals surface area contributed by atoms with Gasteiger partial charge in [-0.2, -0.15) is 0 Å². The van der Waals surface area contributed by atoms with Crippen molar-refractivity contribution in [2.45, 2.75) is 27.3 Å². The molecule has 9 nitrogen and oxygen atoms in total. The van der Waals surface area contributed by atoms with E-state index in [1.165, 1.54) is 18.9 Å². The lowest BCUT2D eigenvalue weighted by molar-refractivity contribution is -0.117. The molecule has 162 valence electrons. The number of amides is 2. The van der Waals surface area contributed by atoms with E-state index in [9.17, 15) is 9.59 Å². The minimum atomic E-state index is -0.379. The number of carbonyl (C=O) groups excluding carboxylic acids is 2. The van der Waals surface area contributed by atoms with Crippen molar-refractivity contribution >= 4 is 23.2 Å². The van der Waals surface area contributed by atoms with Crippen molar-refractivity contribution in [2.24, 2.45) is 0 Å². The summed E-state index contributed by atoms with van der Waals surface area (Å²) in [5.41, 5.74) is 3.75. The smallest absolute Gasteiger partial charge is 0.278 e. The fourth-order valence-corrected chi connectivity index (χ4v) is 3.14. The van der Waals surface area contributed by atoms with Crippen LogP contribution in [-0.4, -0.2) is 41.0 Å². The first-order valence-corrected chi connectivity index (χ1v) is 9.63. The van der Waals surface area contributed by atoms with Gasteiger partial charge in [0.15, 0.2) is 5.69 Å². The summed E-state index contributed by atoms with van der Waals surface area (Å²) in [5.74, 6) is 0.355. The number of para-hydroxylation sites is 1. The second kappa shape index (κ2) is 9.29. The summed E-state index contributed by atoms with van der Waals surface area (Å²) in [7, 11) is 3.05. The topological polar surface area (TPSA) is 107 Å². The number of nitrogens with zero attached hydrogens (tertiary/aromatic N) is 3. The van der Waals surface area contributed by atoms with Crippen molar-refractivity contribution in [1.29, 1.82) is 0 Å². The molecule has 0 saturated heterocycles. The number of hydrogen-bond donors (Lipinski definition) is 2. The Morgan fingerprint density at radius 1 is 1.00 bits per heavy atom. The molecule has 0 bridgehead atoms. The Morgan fingerprint density at radius 3 is 2.35 bits per heavy atom. The van der Waals surface area contributed by atoms with Crippen LogP contribution in [0.2, 0.25) is 0 Å². The second-order valence-electron chi connectivity index (χ2n) is 7.02. The van der Waals surface area contributed by atoms with Gasteiger partial charge in [0.2, 0.25) is 5.91 Å². The third-order valence-electron chi connectivity index (χ3n) is 4.89. The largest absolute Gasteiger partial charge is 0.497 e. The maximum atomic E-state index is 12.7. The highest BCUT2D eigenvalue weighted by Crippen LogP contribution is 2.29. The first-order chi connectivity index (χ1) is 14.8. The Labute approximate surface area is 180 Å². The summed E-state index contributed by atoms with van der Waals surface area (Å²) in [4.78, 5) is 25.3. The number of anilines is 2. The maximum absolute atomic E-state index is 12.7.